The maximum Gasteiger partial charge on any atom is 0.131 e. The highest BCUT2D eigenvalue weighted by atomic mass is 35.5. The standard InChI is InChI=1S/C10H10ClFS/c1-7(13-2)6-8-9(11)4-3-5-10(8)12/h3-6H,1-2H3/b7-6+. The molecule has 1 aromatic carbocycles. The number of allylic oxidation sites excluding steroid dienone is 1. The molecule has 0 atom stereocenters. The molecule has 0 saturated heterocycles. The summed E-state index contributed by atoms with van der Waals surface area (Å²) < 4.78 is 13.2. The van der Waals surface area contributed by atoms with Crippen LogP contribution in [0.5, 0.6) is 0 Å². The highest BCUT2D eigenvalue weighted by Gasteiger charge is 2.03. The first kappa shape index (κ1) is 10.6. The molecule has 0 amide bonds. The van der Waals surface area contributed by atoms with Crippen molar-refractivity contribution in [2.75, 3.05) is 6.26 Å². The van der Waals surface area contributed by atoms with Crippen LogP contribution in [0.4, 0.5) is 4.39 Å². The second-order valence-electron chi connectivity index (χ2n) is 2.59. The number of hydrogen-bond donors (Lipinski definition) is 0. The molecule has 0 N–H and O–H groups in total. The van der Waals surface area contributed by atoms with E-state index in [4.69, 9.17) is 11.6 Å². The Labute approximate surface area is 86.8 Å². The van der Waals surface area contributed by atoms with E-state index in [0.29, 0.717) is 10.6 Å². The van der Waals surface area contributed by atoms with E-state index < -0.39 is 0 Å². The molecule has 0 heterocycles. The van der Waals surface area contributed by atoms with Crippen LogP contribution in [0, 0.1) is 5.82 Å². The lowest BCUT2D eigenvalue weighted by molar-refractivity contribution is 0.625. The van der Waals surface area contributed by atoms with E-state index in [2.05, 4.69) is 0 Å². The van der Waals surface area contributed by atoms with Crippen LogP contribution in [-0.4, -0.2) is 6.26 Å². The largest absolute Gasteiger partial charge is 0.206 e. The molecule has 0 saturated carbocycles. The van der Waals surface area contributed by atoms with Gasteiger partial charge in [0.25, 0.3) is 0 Å². The maximum absolute atomic E-state index is 13.2. The highest BCUT2D eigenvalue weighted by molar-refractivity contribution is 8.02. The molecule has 0 aliphatic heterocycles. The van der Waals surface area contributed by atoms with E-state index in [1.54, 1.807) is 30.0 Å². The van der Waals surface area contributed by atoms with Gasteiger partial charge in [-0.1, -0.05) is 17.7 Å². The predicted molar refractivity (Wildman–Crippen MR) is 58.6 cm³/mol. The molecule has 0 unspecified atom stereocenters. The fourth-order valence-corrected chi connectivity index (χ4v) is 1.36. The SMILES string of the molecule is CS/C(C)=C/c1c(F)cccc1Cl. The molecular weight excluding hydrogens is 207 g/mol. The molecule has 13 heavy (non-hydrogen) atoms. The Kier molecular flexibility index (Phi) is 3.82. The fourth-order valence-electron chi connectivity index (χ4n) is 0.911. The maximum atomic E-state index is 13.2. The van der Waals surface area contributed by atoms with Gasteiger partial charge < -0.3 is 0 Å². The third-order valence-corrected chi connectivity index (χ3v) is 2.76. The van der Waals surface area contributed by atoms with E-state index >= 15 is 0 Å². The second kappa shape index (κ2) is 4.68. The zero-order valence-electron chi connectivity index (χ0n) is 7.47. The molecule has 0 spiro atoms. The van der Waals surface area contributed by atoms with Crippen molar-refractivity contribution >= 4 is 29.4 Å². The van der Waals surface area contributed by atoms with Crippen molar-refractivity contribution in [3.63, 3.8) is 0 Å². The molecular formula is C10H10ClFS. The molecule has 3 heteroatoms. The summed E-state index contributed by atoms with van der Waals surface area (Å²) >= 11 is 7.41. The Morgan fingerprint density at radius 1 is 1.54 bits per heavy atom. The molecule has 1 aromatic rings. The van der Waals surface area contributed by atoms with Gasteiger partial charge >= 0.3 is 0 Å². The first-order valence-electron chi connectivity index (χ1n) is 3.81. The van der Waals surface area contributed by atoms with Gasteiger partial charge in [0, 0.05) is 5.56 Å². The van der Waals surface area contributed by atoms with Gasteiger partial charge in [0.1, 0.15) is 5.82 Å². The summed E-state index contributed by atoms with van der Waals surface area (Å²) in [6.45, 7) is 1.92. The highest BCUT2D eigenvalue weighted by Crippen LogP contribution is 2.24. The summed E-state index contributed by atoms with van der Waals surface area (Å²) in [5.41, 5.74) is 0.469. The van der Waals surface area contributed by atoms with Gasteiger partial charge in [-0.05, 0) is 36.3 Å². The number of rotatable bonds is 2. The quantitative estimate of drug-likeness (QED) is 0.714. The Bertz CT molecular complexity index is 313. The molecule has 0 aliphatic rings. The number of hydrogen-bond acceptors (Lipinski definition) is 1. The smallest absolute Gasteiger partial charge is 0.131 e. The van der Waals surface area contributed by atoms with E-state index in [1.807, 2.05) is 13.2 Å². The minimum atomic E-state index is -0.277. The molecule has 0 nitrogen and oxygen atoms in total. The topological polar surface area (TPSA) is 0 Å². The third kappa shape index (κ3) is 2.75. The number of thioether (sulfide) groups is 1. The van der Waals surface area contributed by atoms with Crippen molar-refractivity contribution < 1.29 is 4.39 Å². The Morgan fingerprint density at radius 3 is 2.77 bits per heavy atom. The first-order valence-corrected chi connectivity index (χ1v) is 5.41. The molecule has 0 fully saturated rings. The lowest BCUT2D eigenvalue weighted by atomic mass is 10.2. The van der Waals surface area contributed by atoms with E-state index in [9.17, 15) is 4.39 Å². The number of halogens is 2. The van der Waals surface area contributed by atoms with Crippen LogP contribution >= 0.6 is 23.4 Å². The van der Waals surface area contributed by atoms with Gasteiger partial charge in [-0.25, -0.2) is 4.39 Å². The zero-order chi connectivity index (χ0) is 9.84. The van der Waals surface area contributed by atoms with Crippen molar-refractivity contribution in [3.05, 3.63) is 39.5 Å². The summed E-state index contributed by atoms with van der Waals surface area (Å²) in [7, 11) is 0. The van der Waals surface area contributed by atoms with Gasteiger partial charge in [0.05, 0.1) is 5.02 Å². The van der Waals surface area contributed by atoms with Gasteiger partial charge in [-0.2, -0.15) is 0 Å². The summed E-state index contributed by atoms with van der Waals surface area (Å²) in [5, 5.41) is 0.452. The average molecular weight is 217 g/mol. The van der Waals surface area contributed by atoms with Gasteiger partial charge in [-0.15, -0.1) is 11.8 Å². The normalized spacial score (nSPS) is 11.8. The van der Waals surface area contributed by atoms with Gasteiger partial charge in [-0.3, -0.25) is 0 Å². The van der Waals surface area contributed by atoms with Gasteiger partial charge in [0.2, 0.25) is 0 Å². The summed E-state index contributed by atoms with van der Waals surface area (Å²) in [6, 6.07) is 4.69. The van der Waals surface area contributed by atoms with Crippen molar-refractivity contribution in [1.82, 2.24) is 0 Å². The Morgan fingerprint density at radius 2 is 2.23 bits per heavy atom. The second-order valence-corrected chi connectivity index (χ2v) is 4.05. The lowest BCUT2D eigenvalue weighted by Crippen LogP contribution is -1.83. The molecule has 70 valence electrons. The van der Waals surface area contributed by atoms with Crippen LogP contribution in [0.25, 0.3) is 6.08 Å². The van der Waals surface area contributed by atoms with Crippen molar-refractivity contribution in [1.29, 1.82) is 0 Å². The van der Waals surface area contributed by atoms with E-state index in [0.717, 1.165) is 4.91 Å². The fraction of sp³-hybridized carbons (Fsp3) is 0.200. The first-order chi connectivity index (χ1) is 6.15. The lowest BCUT2D eigenvalue weighted by Gasteiger charge is -2.01. The molecule has 1 rings (SSSR count). The van der Waals surface area contributed by atoms with Crippen LogP contribution in [-0.2, 0) is 0 Å². The predicted octanol–water partition coefficient (Wildman–Crippen LogP) is 4.20. The van der Waals surface area contributed by atoms with Crippen molar-refractivity contribution in [2.45, 2.75) is 6.92 Å². The minimum absolute atomic E-state index is 0.277. The van der Waals surface area contributed by atoms with Gasteiger partial charge in [0.15, 0.2) is 0 Å². The van der Waals surface area contributed by atoms with E-state index in [1.165, 1.54) is 6.07 Å². The van der Waals surface area contributed by atoms with Crippen LogP contribution < -0.4 is 0 Å². The zero-order valence-corrected chi connectivity index (χ0v) is 9.05. The minimum Gasteiger partial charge on any atom is -0.206 e. The summed E-state index contributed by atoms with van der Waals surface area (Å²) in [4.78, 5) is 1.03. The van der Waals surface area contributed by atoms with Crippen LogP contribution in [0.15, 0.2) is 23.1 Å². The molecule has 0 aromatic heterocycles. The number of benzene rings is 1. The van der Waals surface area contributed by atoms with Crippen LogP contribution in [0.3, 0.4) is 0 Å². The molecule has 0 aliphatic carbocycles. The van der Waals surface area contributed by atoms with Crippen LogP contribution in [0.2, 0.25) is 5.02 Å². The average Bonchev–Trinajstić information content (AvgIpc) is 2.11. The third-order valence-electron chi connectivity index (χ3n) is 1.67. The molecule has 0 radical (unpaired) electrons. The van der Waals surface area contributed by atoms with Crippen molar-refractivity contribution in [2.24, 2.45) is 0 Å². The van der Waals surface area contributed by atoms with E-state index in [-0.39, 0.29) is 5.82 Å². The van der Waals surface area contributed by atoms with Crippen molar-refractivity contribution in [3.8, 4) is 0 Å². The molecule has 0 bridgehead atoms. The van der Waals surface area contributed by atoms with Crippen LogP contribution in [0.1, 0.15) is 12.5 Å². The summed E-state index contributed by atoms with van der Waals surface area (Å²) in [5.74, 6) is -0.277. The monoisotopic (exact) mass is 216 g/mol. The Balaban J connectivity index is 3.14. The summed E-state index contributed by atoms with van der Waals surface area (Å²) in [6.07, 6.45) is 3.70. The Hall–Kier alpha value is -0.470.